The van der Waals surface area contributed by atoms with Gasteiger partial charge in [0.2, 0.25) is 5.91 Å². The van der Waals surface area contributed by atoms with Crippen LogP contribution in [0.4, 0.5) is 0 Å². The third-order valence-electron chi connectivity index (χ3n) is 15.9. The van der Waals surface area contributed by atoms with Crippen LogP contribution in [0.5, 0.6) is 0 Å². The first-order valence-electron chi connectivity index (χ1n) is 35.6. The number of ether oxygens (including phenoxy) is 2. The first-order valence-corrected chi connectivity index (χ1v) is 35.6. The minimum atomic E-state index is -1.59. The molecule has 0 aliphatic carbocycles. The number of aliphatic hydroxyl groups excluding tert-OH is 5. The van der Waals surface area contributed by atoms with Gasteiger partial charge in [-0.05, 0) is 109 Å². The molecule has 1 amide bonds. The zero-order valence-electron chi connectivity index (χ0n) is 55.5. The van der Waals surface area contributed by atoms with E-state index in [-0.39, 0.29) is 12.5 Å². The Morgan fingerprint density at radius 1 is 0.402 bits per heavy atom. The van der Waals surface area contributed by atoms with Gasteiger partial charge in [0.05, 0.1) is 25.4 Å². The highest BCUT2D eigenvalue weighted by Gasteiger charge is 2.44. The minimum absolute atomic E-state index is 0.215. The molecule has 9 nitrogen and oxygen atoms in total. The van der Waals surface area contributed by atoms with Crippen LogP contribution in [-0.2, 0) is 14.3 Å². The van der Waals surface area contributed by atoms with Crippen LogP contribution in [0, 0.1) is 0 Å². The molecule has 0 aromatic heterocycles. The fourth-order valence-corrected chi connectivity index (χ4v) is 10.4. The molecule has 87 heavy (non-hydrogen) atoms. The van der Waals surface area contributed by atoms with Crippen LogP contribution < -0.4 is 5.32 Å². The van der Waals surface area contributed by atoms with Gasteiger partial charge in [-0.15, -0.1) is 0 Å². The van der Waals surface area contributed by atoms with Crippen molar-refractivity contribution in [2.24, 2.45) is 0 Å². The van der Waals surface area contributed by atoms with Crippen molar-refractivity contribution in [3.8, 4) is 0 Å². The minimum Gasteiger partial charge on any atom is -0.394 e. The van der Waals surface area contributed by atoms with Crippen LogP contribution in [0.1, 0.15) is 284 Å². The molecule has 1 saturated heterocycles. The van der Waals surface area contributed by atoms with Gasteiger partial charge in [-0.1, -0.05) is 314 Å². The molecule has 0 bridgehead atoms. The first-order chi connectivity index (χ1) is 42.8. The largest absolute Gasteiger partial charge is 0.394 e. The molecule has 0 aromatic carbocycles. The summed E-state index contributed by atoms with van der Waals surface area (Å²) in [7, 11) is 0. The Bertz CT molecular complexity index is 1890. The van der Waals surface area contributed by atoms with Crippen LogP contribution in [0.15, 0.2) is 146 Å². The van der Waals surface area contributed by atoms with Crippen molar-refractivity contribution in [2.45, 2.75) is 326 Å². The van der Waals surface area contributed by atoms with Gasteiger partial charge in [0.25, 0.3) is 0 Å². The van der Waals surface area contributed by atoms with E-state index in [1.807, 2.05) is 6.08 Å². The van der Waals surface area contributed by atoms with Gasteiger partial charge in [0, 0.05) is 6.42 Å². The molecule has 1 rings (SSSR count). The molecule has 1 aliphatic heterocycles. The normalized spacial score (nSPS) is 18.9. The lowest BCUT2D eigenvalue weighted by Crippen LogP contribution is -2.60. The standard InChI is InChI=1S/C78H131NO8/c1-3-5-7-9-11-13-15-17-19-21-23-25-27-29-31-33-34-35-36-37-38-40-42-44-46-48-50-52-54-56-58-60-62-64-66-68-74(82)79-71(70-86-78-77(85)76(84)75(83)73(69-80)87-78)72(81)67-65-63-61-59-57-55-53-51-49-47-45-43-41-39-32-30-28-26-24-22-20-18-16-14-12-10-8-6-4-2/h5,7,11,13,17,19,23,25,29,31,34-35,37-38,42,44,48,50,54,56-57,59,65,67,71-73,75-78,80-81,83-85H,3-4,6,8-10,12,14-16,18,20-22,24,26-28,30,32-33,36,39-41,43,45-47,49,51-53,55,58,60-64,66,68-70H2,1-2H3,(H,79,82)/b7-5-,13-11-,19-17-,25-23-,31-29-,35-34-,38-37-,44-42-,50-48-,56-54-,59-57+,67-65+. The third-order valence-corrected chi connectivity index (χ3v) is 15.9. The Hall–Kier alpha value is -3.93. The number of nitrogens with one attached hydrogen (secondary N) is 1. The zero-order valence-corrected chi connectivity index (χ0v) is 55.5. The summed E-state index contributed by atoms with van der Waals surface area (Å²) in [4.78, 5) is 13.1. The molecule has 0 saturated carbocycles. The number of hydrogen-bond donors (Lipinski definition) is 6. The molecule has 1 fully saturated rings. The lowest BCUT2D eigenvalue weighted by atomic mass is 9.99. The lowest BCUT2D eigenvalue weighted by molar-refractivity contribution is -0.302. The fourth-order valence-electron chi connectivity index (χ4n) is 10.4. The monoisotopic (exact) mass is 1210 g/mol. The van der Waals surface area contributed by atoms with Gasteiger partial charge in [-0.3, -0.25) is 4.79 Å². The summed E-state index contributed by atoms with van der Waals surface area (Å²) in [5, 5.41) is 54.7. The number of amides is 1. The van der Waals surface area contributed by atoms with Gasteiger partial charge in [0.15, 0.2) is 6.29 Å². The quantitative estimate of drug-likeness (QED) is 0.0261. The molecule has 1 heterocycles. The summed E-state index contributed by atoms with van der Waals surface area (Å²) in [6.45, 7) is 3.65. The van der Waals surface area contributed by atoms with Crippen molar-refractivity contribution < 1.29 is 39.8 Å². The summed E-state index contributed by atoms with van der Waals surface area (Å²) in [5.41, 5.74) is 0. The number of aliphatic hydroxyl groups is 5. The molecule has 0 radical (unpaired) electrons. The maximum absolute atomic E-state index is 13.1. The van der Waals surface area contributed by atoms with E-state index in [2.05, 4.69) is 153 Å². The maximum Gasteiger partial charge on any atom is 0.220 e. The number of carbonyl (C=O) groups is 1. The van der Waals surface area contributed by atoms with Crippen LogP contribution in [0.2, 0.25) is 0 Å². The van der Waals surface area contributed by atoms with Crippen molar-refractivity contribution in [3.63, 3.8) is 0 Å². The number of allylic oxidation sites excluding steroid dienone is 23. The molecule has 0 spiro atoms. The van der Waals surface area contributed by atoms with E-state index in [9.17, 15) is 30.3 Å². The molecule has 1 aliphatic rings. The number of hydrogen-bond acceptors (Lipinski definition) is 8. The predicted molar refractivity (Wildman–Crippen MR) is 373 cm³/mol. The molecule has 496 valence electrons. The van der Waals surface area contributed by atoms with Crippen molar-refractivity contribution in [1.29, 1.82) is 0 Å². The van der Waals surface area contributed by atoms with Crippen LogP contribution in [0.25, 0.3) is 0 Å². The van der Waals surface area contributed by atoms with Gasteiger partial charge in [-0.2, -0.15) is 0 Å². The average Bonchev–Trinajstić information content (AvgIpc) is 3.47. The Labute approximate surface area is 533 Å². The second kappa shape index (κ2) is 65.0. The number of unbranched alkanes of at least 4 members (excludes halogenated alkanes) is 28. The first kappa shape index (κ1) is 81.1. The van der Waals surface area contributed by atoms with E-state index >= 15 is 0 Å². The number of carbonyl (C=O) groups excluding carboxylic acids is 1. The van der Waals surface area contributed by atoms with Crippen LogP contribution in [0.3, 0.4) is 0 Å². The van der Waals surface area contributed by atoms with E-state index in [1.54, 1.807) is 6.08 Å². The highest BCUT2D eigenvalue weighted by atomic mass is 16.7. The van der Waals surface area contributed by atoms with Crippen molar-refractivity contribution >= 4 is 5.91 Å². The Kier molecular flexibility index (Phi) is 60.6. The van der Waals surface area contributed by atoms with Gasteiger partial charge in [-0.25, -0.2) is 0 Å². The second-order valence-corrected chi connectivity index (χ2v) is 23.9. The summed E-state index contributed by atoms with van der Waals surface area (Å²) in [5.74, 6) is -0.215. The van der Waals surface area contributed by atoms with E-state index in [4.69, 9.17) is 9.47 Å². The average molecular weight is 1210 g/mol. The van der Waals surface area contributed by atoms with Crippen molar-refractivity contribution in [2.75, 3.05) is 13.2 Å². The topological polar surface area (TPSA) is 149 Å². The lowest BCUT2D eigenvalue weighted by Gasteiger charge is -2.40. The van der Waals surface area contributed by atoms with Crippen molar-refractivity contribution in [3.05, 3.63) is 146 Å². The van der Waals surface area contributed by atoms with E-state index in [1.165, 1.54) is 148 Å². The summed E-state index contributed by atoms with van der Waals surface area (Å²) >= 11 is 0. The molecule has 7 atom stereocenters. The summed E-state index contributed by atoms with van der Waals surface area (Å²) < 4.78 is 11.3. The van der Waals surface area contributed by atoms with E-state index in [0.29, 0.717) is 12.8 Å². The smallest absolute Gasteiger partial charge is 0.220 e. The van der Waals surface area contributed by atoms with E-state index < -0.39 is 49.5 Å². The molecule has 7 unspecified atom stereocenters. The summed E-state index contributed by atoms with van der Waals surface area (Å²) in [6.07, 6.45) is 93.8. The predicted octanol–water partition coefficient (Wildman–Crippen LogP) is 19.7. The van der Waals surface area contributed by atoms with Crippen LogP contribution >= 0.6 is 0 Å². The fraction of sp³-hybridized carbons (Fsp3) is 0.679. The maximum atomic E-state index is 13.1. The molecular weight excluding hydrogens is 1080 g/mol. The van der Waals surface area contributed by atoms with Gasteiger partial charge < -0.3 is 40.3 Å². The zero-order chi connectivity index (χ0) is 62.8. The second-order valence-electron chi connectivity index (χ2n) is 23.9. The molecular formula is C78H131NO8. The Morgan fingerprint density at radius 3 is 1.10 bits per heavy atom. The Morgan fingerprint density at radius 2 is 0.724 bits per heavy atom. The van der Waals surface area contributed by atoms with Gasteiger partial charge in [0.1, 0.15) is 24.4 Å². The molecule has 9 heteroatoms. The van der Waals surface area contributed by atoms with Crippen molar-refractivity contribution in [1.82, 2.24) is 5.32 Å². The molecule has 6 N–H and O–H groups in total. The third kappa shape index (κ3) is 53.6. The molecule has 0 aromatic rings. The van der Waals surface area contributed by atoms with Gasteiger partial charge >= 0.3 is 0 Å². The van der Waals surface area contributed by atoms with Crippen LogP contribution in [-0.4, -0.2) is 87.5 Å². The number of rotatable bonds is 60. The highest BCUT2D eigenvalue weighted by Crippen LogP contribution is 2.23. The summed E-state index contributed by atoms with van der Waals surface area (Å²) in [6, 6.07) is -0.849. The SMILES string of the molecule is CC/C=C\C/C=C\C/C=C\C/C=C\C/C=C\C/C=C\C/C=C\C/C=C\C/C=C\C/C=C\CCCCCCC(=O)NC(COC1OC(CO)C(O)C(O)C1O)C(O)/C=C/CC/C=C/CCCCCCCCCCCCCCCCCCCCCCCCC. The Balaban J connectivity index is 2.21. The van der Waals surface area contributed by atoms with E-state index in [0.717, 1.165) is 109 Å². The highest BCUT2D eigenvalue weighted by molar-refractivity contribution is 5.76.